The molecule has 1 atom stereocenters. The van der Waals surface area contributed by atoms with Gasteiger partial charge in [-0.2, -0.15) is 13.2 Å². The van der Waals surface area contributed by atoms with Crippen LogP contribution in [0.25, 0.3) is 0 Å². The Hall–Kier alpha value is -1.55. The van der Waals surface area contributed by atoms with Crippen molar-refractivity contribution in [3.63, 3.8) is 0 Å². The summed E-state index contributed by atoms with van der Waals surface area (Å²) in [5, 5.41) is 1.94. The maximum Gasteiger partial charge on any atom is 0.471 e. The summed E-state index contributed by atoms with van der Waals surface area (Å²) in [4.78, 5) is 23.8. The zero-order valence-electron chi connectivity index (χ0n) is 13.6. The number of halogens is 4. The van der Waals surface area contributed by atoms with Crippen molar-refractivity contribution < 1.29 is 22.8 Å². The maximum absolute atomic E-state index is 12.3. The normalized spacial score (nSPS) is 12.5. The van der Waals surface area contributed by atoms with E-state index in [4.69, 9.17) is 0 Å². The van der Waals surface area contributed by atoms with Crippen LogP contribution in [0.5, 0.6) is 0 Å². The van der Waals surface area contributed by atoms with Gasteiger partial charge in [-0.25, -0.2) is 0 Å². The quantitative estimate of drug-likeness (QED) is 0.462. The van der Waals surface area contributed by atoms with E-state index in [-0.39, 0.29) is 6.42 Å². The molecular weight excluding hydrogens is 478 g/mol. The molecule has 0 aliphatic rings. The predicted molar refractivity (Wildman–Crippen MR) is 102 cm³/mol. The van der Waals surface area contributed by atoms with Gasteiger partial charge in [0.2, 0.25) is 0 Å². The molecule has 0 aliphatic carbocycles. The van der Waals surface area contributed by atoms with Crippen molar-refractivity contribution in [1.29, 1.82) is 0 Å². The van der Waals surface area contributed by atoms with Gasteiger partial charge in [-0.3, -0.25) is 9.59 Å². The van der Waals surface area contributed by atoms with Gasteiger partial charge < -0.3 is 5.32 Å². The first-order valence-electron chi connectivity index (χ1n) is 7.58. The number of carbonyl (C=O) groups excluding carboxylic acids is 2. The van der Waals surface area contributed by atoms with Gasteiger partial charge in [0.25, 0.3) is 0 Å². The predicted octanol–water partition coefficient (Wildman–Crippen LogP) is 4.86. The summed E-state index contributed by atoms with van der Waals surface area (Å²) in [6.07, 6.45) is -3.79. The topological polar surface area (TPSA) is 46.2 Å². The minimum atomic E-state index is -4.88. The second-order valence-electron chi connectivity index (χ2n) is 5.62. The first-order chi connectivity index (χ1) is 12.2. The Morgan fingerprint density at radius 2 is 1.88 bits per heavy atom. The fourth-order valence-electron chi connectivity index (χ4n) is 2.22. The molecule has 8 heteroatoms. The average molecular weight is 493 g/mol. The molecule has 1 unspecified atom stereocenters. The van der Waals surface area contributed by atoms with Crippen LogP contribution in [0.3, 0.4) is 0 Å². The van der Waals surface area contributed by atoms with Crippen LogP contribution in [-0.2, 0) is 11.2 Å². The van der Waals surface area contributed by atoms with Gasteiger partial charge in [0.15, 0.2) is 6.29 Å². The van der Waals surface area contributed by atoms with E-state index in [9.17, 15) is 22.8 Å². The number of hydrogen-bond donors (Lipinski definition) is 1. The number of rotatable bonds is 6. The Morgan fingerprint density at radius 3 is 2.46 bits per heavy atom. The smallest absolute Gasteiger partial charge is 0.345 e. The number of amides is 1. The second-order valence-corrected chi connectivity index (χ2v) is 7.98. The van der Waals surface area contributed by atoms with Crippen LogP contribution >= 0.6 is 34.4 Å². The zero-order valence-corrected chi connectivity index (χ0v) is 16.6. The van der Waals surface area contributed by atoms with Crippen molar-refractivity contribution in [2.75, 3.05) is 0 Å². The van der Waals surface area contributed by atoms with E-state index in [2.05, 4.69) is 22.6 Å². The number of aldehydes is 1. The number of alkyl halides is 3. The minimum absolute atomic E-state index is 0.287. The van der Waals surface area contributed by atoms with E-state index in [0.29, 0.717) is 5.56 Å². The molecule has 2 rings (SSSR count). The van der Waals surface area contributed by atoms with Gasteiger partial charge in [0.1, 0.15) is 0 Å². The van der Waals surface area contributed by atoms with E-state index in [1.807, 2.05) is 29.6 Å². The van der Waals surface area contributed by atoms with Gasteiger partial charge in [-0.05, 0) is 71.8 Å². The minimum Gasteiger partial charge on any atom is -0.345 e. The van der Waals surface area contributed by atoms with Crippen molar-refractivity contribution in [1.82, 2.24) is 5.32 Å². The fourth-order valence-corrected chi connectivity index (χ4v) is 3.87. The van der Waals surface area contributed by atoms with Crippen molar-refractivity contribution in [2.45, 2.75) is 35.4 Å². The van der Waals surface area contributed by atoms with Gasteiger partial charge in [0.05, 0.1) is 0 Å². The van der Waals surface area contributed by atoms with Crippen molar-refractivity contribution >= 4 is 46.5 Å². The van der Waals surface area contributed by atoms with Crippen LogP contribution < -0.4 is 5.32 Å². The number of hydrogen-bond acceptors (Lipinski definition) is 3. The lowest BCUT2D eigenvalue weighted by molar-refractivity contribution is -0.174. The fraction of sp³-hybridized carbons (Fsp3) is 0.222. The van der Waals surface area contributed by atoms with Crippen molar-refractivity contribution in [3.8, 4) is 0 Å². The molecule has 138 valence electrons. The molecule has 0 aliphatic heterocycles. The molecule has 0 radical (unpaired) electrons. The van der Waals surface area contributed by atoms with Crippen LogP contribution in [0.2, 0.25) is 0 Å². The highest BCUT2D eigenvalue weighted by Gasteiger charge is 2.39. The van der Waals surface area contributed by atoms with Crippen LogP contribution in [0.1, 0.15) is 22.8 Å². The molecule has 2 aromatic carbocycles. The Bertz CT molecular complexity index is 794. The largest absolute Gasteiger partial charge is 0.471 e. The molecule has 1 amide bonds. The van der Waals surface area contributed by atoms with Gasteiger partial charge in [0, 0.05) is 25.0 Å². The summed E-state index contributed by atoms with van der Waals surface area (Å²) in [5.41, 5.74) is 1.41. The molecular formula is C18H15F3INO2S. The summed E-state index contributed by atoms with van der Waals surface area (Å²) in [5.74, 6) is -1.93. The third-order valence-electron chi connectivity index (χ3n) is 3.43. The third kappa shape index (κ3) is 6.01. The van der Waals surface area contributed by atoms with Crippen molar-refractivity contribution in [3.05, 3.63) is 57.2 Å². The Morgan fingerprint density at radius 1 is 1.23 bits per heavy atom. The highest BCUT2D eigenvalue weighted by atomic mass is 127. The average Bonchev–Trinajstić information content (AvgIpc) is 2.56. The lowest BCUT2D eigenvalue weighted by atomic mass is 10.1. The van der Waals surface area contributed by atoms with Crippen molar-refractivity contribution in [2.24, 2.45) is 0 Å². The SMILES string of the molecule is CC(Cc1ccc(Sc2cc(I)ccc2C=O)cc1)NC(=O)C(F)(F)F. The summed E-state index contributed by atoms with van der Waals surface area (Å²) < 4.78 is 37.8. The second kappa shape index (κ2) is 8.90. The molecule has 3 nitrogen and oxygen atoms in total. The Labute approximate surface area is 166 Å². The van der Waals surface area contributed by atoms with Crippen LogP contribution in [0, 0.1) is 3.57 Å². The Balaban J connectivity index is 2.01. The summed E-state index contributed by atoms with van der Waals surface area (Å²) >= 11 is 3.61. The molecule has 0 aromatic heterocycles. The molecule has 0 heterocycles. The van der Waals surface area contributed by atoms with E-state index in [1.165, 1.54) is 18.7 Å². The van der Waals surface area contributed by atoms with Gasteiger partial charge in [-0.1, -0.05) is 23.9 Å². The highest BCUT2D eigenvalue weighted by molar-refractivity contribution is 14.1. The molecule has 0 fully saturated rings. The number of benzene rings is 2. The first kappa shape index (κ1) is 20.8. The molecule has 0 bridgehead atoms. The lowest BCUT2D eigenvalue weighted by Crippen LogP contribution is -2.42. The maximum atomic E-state index is 12.3. The molecule has 0 saturated heterocycles. The van der Waals surface area contributed by atoms with Crippen LogP contribution in [0.15, 0.2) is 52.3 Å². The molecule has 1 N–H and O–H groups in total. The lowest BCUT2D eigenvalue weighted by Gasteiger charge is -2.15. The molecule has 0 spiro atoms. The monoisotopic (exact) mass is 493 g/mol. The van der Waals surface area contributed by atoms with E-state index in [1.54, 1.807) is 18.2 Å². The van der Waals surface area contributed by atoms with E-state index >= 15 is 0 Å². The van der Waals surface area contributed by atoms with Gasteiger partial charge >= 0.3 is 12.1 Å². The van der Waals surface area contributed by atoms with Crippen LogP contribution in [-0.4, -0.2) is 24.4 Å². The molecule has 0 saturated carbocycles. The Kier molecular flexibility index (Phi) is 7.10. The number of nitrogens with one attached hydrogen (secondary N) is 1. The zero-order chi connectivity index (χ0) is 19.3. The van der Waals surface area contributed by atoms with Crippen LogP contribution in [0.4, 0.5) is 13.2 Å². The molecule has 2 aromatic rings. The first-order valence-corrected chi connectivity index (χ1v) is 9.48. The summed E-state index contributed by atoms with van der Waals surface area (Å²) in [6.45, 7) is 1.52. The third-order valence-corrected chi connectivity index (χ3v) is 5.18. The summed E-state index contributed by atoms with van der Waals surface area (Å²) in [7, 11) is 0. The summed E-state index contributed by atoms with van der Waals surface area (Å²) in [6, 6.07) is 12.2. The van der Waals surface area contributed by atoms with E-state index in [0.717, 1.165) is 25.2 Å². The standard InChI is InChI=1S/C18H15F3INO2S/c1-11(23-17(25)18(19,20)21)8-12-2-6-15(7-3-12)26-16-9-14(22)5-4-13(16)10-24/h2-7,9-11H,8H2,1H3,(H,23,25). The molecule has 26 heavy (non-hydrogen) atoms. The number of carbonyl (C=O) groups is 2. The van der Waals surface area contributed by atoms with E-state index < -0.39 is 18.1 Å². The highest BCUT2D eigenvalue weighted by Crippen LogP contribution is 2.31. The van der Waals surface area contributed by atoms with Gasteiger partial charge in [-0.15, -0.1) is 0 Å².